The molecular formula is C15H25N3. The van der Waals surface area contributed by atoms with Gasteiger partial charge in [-0.1, -0.05) is 19.1 Å². The van der Waals surface area contributed by atoms with Crippen molar-refractivity contribution in [3.8, 4) is 0 Å². The topological polar surface area (TPSA) is 32.5 Å². The number of nitrogens with zero attached hydrogens (tertiary/aromatic N) is 2. The van der Waals surface area contributed by atoms with E-state index in [0.717, 1.165) is 26.2 Å². The van der Waals surface area contributed by atoms with E-state index in [1.807, 2.05) is 0 Å². The van der Waals surface area contributed by atoms with Crippen LogP contribution < -0.4 is 10.6 Å². The lowest BCUT2D eigenvalue weighted by molar-refractivity contribution is 0.199. The third-order valence-corrected chi connectivity index (χ3v) is 3.97. The van der Waals surface area contributed by atoms with Crippen LogP contribution in [0.3, 0.4) is 0 Å². The summed E-state index contributed by atoms with van der Waals surface area (Å²) < 4.78 is 0. The molecule has 0 radical (unpaired) electrons. The lowest BCUT2D eigenvalue weighted by Gasteiger charge is -2.41. The van der Waals surface area contributed by atoms with Crippen LogP contribution in [0.25, 0.3) is 0 Å². The second-order valence-electron chi connectivity index (χ2n) is 5.26. The van der Waals surface area contributed by atoms with E-state index < -0.39 is 0 Å². The van der Waals surface area contributed by atoms with Crippen LogP contribution in [0.2, 0.25) is 0 Å². The van der Waals surface area contributed by atoms with Gasteiger partial charge in [0.1, 0.15) is 0 Å². The first-order chi connectivity index (χ1) is 8.65. The summed E-state index contributed by atoms with van der Waals surface area (Å²) in [5.74, 6) is 0. The van der Waals surface area contributed by atoms with Crippen LogP contribution in [0.5, 0.6) is 0 Å². The van der Waals surface area contributed by atoms with Crippen molar-refractivity contribution < 1.29 is 0 Å². The maximum Gasteiger partial charge on any atom is 0.0415 e. The molecule has 100 valence electrons. The fraction of sp³-hybridized carbons (Fsp3) is 0.600. The van der Waals surface area contributed by atoms with Crippen molar-refractivity contribution in [1.29, 1.82) is 0 Å². The number of hydrogen-bond acceptors (Lipinski definition) is 3. The van der Waals surface area contributed by atoms with Crippen molar-refractivity contribution >= 4 is 5.69 Å². The quantitative estimate of drug-likeness (QED) is 0.886. The van der Waals surface area contributed by atoms with Gasteiger partial charge in [0.05, 0.1) is 0 Å². The van der Waals surface area contributed by atoms with Gasteiger partial charge in [-0.25, -0.2) is 0 Å². The summed E-state index contributed by atoms with van der Waals surface area (Å²) in [5, 5.41) is 0. The Kier molecular flexibility index (Phi) is 4.25. The molecule has 3 nitrogen and oxygen atoms in total. The molecule has 0 bridgehead atoms. The third-order valence-electron chi connectivity index (χ3n) is 3.97. The molecule has 1 saturated heterocycles. The molecule has 2 N–H and O–H groups in total. The lowest BCUT2D eigenvalue weighted by Crippen LogP contribution is -2.52. The molecule has 0 spiro atoms. The van der Waals surface area contributed by atoms with Gasteiger partial charge in [-0.3, -0.25) is 4.90 Å². The van der Waals surface area contributed by atoms with Gasteiger partial charge in [-0.2, -0.15) is 0 Å². The molecule has 1 unspecified atom stereocenters. The van der Waals surface area contributed by atoms with Gasteiger partial charge in [0.2, 0.25) is 0 Å². The zero-order valence-electron chi connectivity index (χ0n) is 11.8. The third kappa shape index (κ3) is 2.68. The molecule has 1 aromatic rings. The van der Waals surface area contributed by atoms with Crippen molar-refractivity contribution in [3.05, 3.63) is 29.3 Å². The van der Waals surface area contributed by atoms with Crippen LogP contribution in [-0.2, 0) is 6.54 Å². The van der Waals surface area contributed by atoms with Gasteiger partial charge in [-0.05, 0) is 37.6 Å². The normalized spacial score (nSPS) is 21.3. The number of aryl methyl sites for hydroxylation is 1. The maximum atomic E-state index is 5.86. The second kappa shape index (κ2) is 5.72. The summed E-state index contributed by atoms with van der Waals surface area (Å²) in [6, 6.07) is 7.21. The van der Waals surface area contributed by atoms with Crippen LogP contribution >= 0.6 is 0 Å². The summed E-state index contributed by atoms with van der Waals surface area (Å²) in [5.41, 5.74) is 9.77. The Labute approximate surface area is 111 Å². The average molecular weight is 247 g/mol. The molecule has 3 heteroatoms. The lowest BCUT2D eigenvalue weighted by atomic mass is 10.1. The summed E-state index contributed by atoms with van der Waals surface area (Å²) in [4.78, 5) is 5.03. The Bertz CT molecular complexity index is 403. The standard InChI is InChI=1S/C15H25N3/c1-4-17-7-8-18(11-13(17)3)15-9-12(2)5-6-14(15)10-16/h5-6,9,13H,4,7-8,10-11,16H2,1-3H3. The van der Waals surface area contributed by atoms with E-state index in [1.54, 1.807) is 0 Å². The number of hydrogen-bond donors (Lipinski definition) is 1. The van der Waals surface area contributed by atoms with E-state index in [0.29, 0.717) is 12.6 Å². The van der Waals surface area contributed by atoms with Gasteiger partial charge in [-0.15, -0.1) is 0 Å². The zero-order valence-corrected chi connectivity index (χ0v) is 11.8. The minimum Gasteiger partial charge on any atom is -0.368 e. The summed E-state index contributed by atoms with van der Waals surface area (Å²) in [6.07, 6.45) is 0. The second-order valence-corrected chi connectivity index (χ2v) is 5.26. The number of likely N-dealkylation sites (N-methyl/N-ethyl adjacent to an activating group) is 1. The largest absolute Gasteiger partial charge is 0.368 e. The molecule has 0 amide bonds. The number of benzene rings is 1. The molecule has 0 saturated carbocycles. The maximum absolute atomic E-state index is 5.86. The van der Waals surface area contributed by atoms with E-state index >= 15 is 0 Å². The highest BCUT2D eigenvalue weighted by molar-refractivity contribution is 5.56. The predicted molar refractivity (Wildman–Crippen MR) is 78.0 cm³/mol. The molecule has 1 atom stereocenters. The fourth-order valence-electron chi connectivity index (χ4n) is 2.82. The van der Waals surface area contributed by atoms with Gasteiger partial charge in [0, 0.05) is 37.9 Å². The van der Waals surface area contributed by atoms with Crippen molar-refractivity contribution in [1.82, 2.24) is 4.90 Å². The Balaban J connectivity index is 2.19. The molecule has 0 aromatic heterocycles. The fourth-order valence-corrected chi connectivity index (χ4v) is 2.82. The summed E-state index contributed by atoms with van der Waals surface area (Å²) in [6.45, 7) is 11.8. The SMILES string of the molecule is CCN1CCN(c2cc(C)ccc2CN)CC1C. The van der Waals surface area contributed by atoms with E-state index in [9.17, 15) is 0 Å². The molecule has 0 aliphatic carbocycles. The highest BCUT2D eigenvalue weighted by Crippen LogP contribution is 2.24. The van der Waals surface area contributed by atoms with E-state index in [4.69, 9.17) is 5.73 Å². The van der Waals surface area contributed by atoms with E-state index in [2.05, 4.69) is 48.8 Å². The molecule has 1 fully saturated rings. The number of piperazine rings is 1. The van der Waals surface area contributed by atoms with Gasteiger partial charge in [0.15, 0.2) is 0 Å². The van der Waals surface area contributed by atoms with Gasteiger partial charge < -0.3 is 10.6 Å². The van der Waals surface area contributed by atoms with Crippen LogP contribution in [0.15, 0.2) is 18.2 Å². The minimum absolute atomic E-state index is 0.620. The van der Waals surface area contributed by atoms with Crippen LogP contribution in [-0.4, -0.2) is 37.1 Å². The molecule has 1 aromatic carbocycles. The van der Waals surface area contributed by atoms with Crippen molar-refractivity contribution in [2.24, 2.45) is 5.73 Å². The van der Waals surface area contributed by atoms with Crippen LogP contribution in [0, 0.1) is 6.92 Å². The van der Waals surface area contributed by atoms with E-state index in [1.165, 1.54) is 16.8 Å². The average Bonchev–Trinajstić information content (AvgIpc) is 2.38. The number of rotatable bonds is 3. The molecule has 1 heterocycles. The van der Waals surface area contributed by atoms with E-state index in [-0.39, 0.29) is 0 Å². The molecule has 1 aliphatic rings. The molecule has 18 heavy (non-hydrogen) atoms. The smallest absolute Gasteiger partial charge is 0.0415 e. The van der Waals surface area contributed by atoms with Gasteiger partial charge >= 0.3 is 0 Å². The van der Waals surface area contributed by atoms with Crippen molar-refractivity contribution in [3.63, 3.8) is 0 Å². The Morgan fingerprint density at radius 1 is 1.33 bits per heavy atom. The summed E-state index contributed by atoms with van der Waals surface area (Å²) in [7, 11) is 0. The van der Waals surface area contributed by atoms with Crippen molar-refractivity contribution in [2.45, 2.75) is 33.4 Å². The van der Waals surface area contributed by atoms with Gasteiger partial charge in [0.25, 0.3) is 0 Å². The predicted octanol–water partition coefficient (Wildman–Crippen LogP) is 1.98. The first kappa shape index (κ1) is 13.4. The highest BCUT2D eigenvalue weighted by Gasteiger charge is 2.23. The Morgan fingerprint density at radius 3 is 2.72 bits per heavy atom. The number of anilines is 1. The molecule has 1 aliphatic heterocycles. The first-order valence-electron chi connectivity index (χ1n) is 6.94. The van der Waals surface area contributed by atoms with Crippen molar-refractivity contribution in [2.75, 3.05) is 31.1 Å². The summed E-state index contributed by atoms with van der Waals surface area (Å²) >= 11 is 0. The molecular weight excluding hydrogens is 222 g/mol. The number of nitrogens with two attached hydrogens (primary N) is 1. The molecule has 2 rings (SSSR count). The highest BCUT2D eigenvalue weighted by atomic mass is 15.3. The minimum atomic E-state index is 0.620. The Hall–Kier alpha value is -1.06. The van der Waals surface area contributed by atoms with Crippen LogP contribution in [0.4, 0.5) is 5.69 Å². The van der Waals surface area contributed by atoms with Crippen LogP contribution in [0.1, 0.15) is 25.0 Å². The zero-order chi connectivity index (χ0) is 13.1. The monoisotopic (exact) mass is 247 g/mol. The Morgan fingerprint density at radius 2 is 2.11 bits per heavy atom. The first-order valence-corrected chi connectivity index (χ1v) is 6.94.